The molecule has 0 radical (unpaired) electrons. The van der Waals surface area contributed by atoms with Crippen molar-refractivity contribution in [2.75, 3.05) is 19.6 Å². The monoisotopic (exact) mass is 260 g/mol. The molecular formula is C15H20N2O2. The van der Waals surface area contributed by atoms with E-state index in [0.29, 0.717) is 11.7 Å². The van der Waals surface area contributed by atoms with Gasteiger partial charge < -0.3 is 15.2 Å². The first-order chi connectivity index (χ1) is 9.31. The van der Waals surface area contributed by atoms with Gasteiger partial charge in [0.15, 0.2) is 5.90 Å². The molecule has 2 atom stereocenters. The number of phenolic OH excluding ortho intramolecular Hbond substituents is 1. The molecule has 0 spiro atoms. The van der Waals surface area contributed by atoms with Gasteiger partial charge in [0.2, 0.25) is 0 Å². The second kappa shape index (κ2) is 5.61. The van der Waals surface area contributed by atoms with Crippen LogP contribution in [0, 0.1) is 5.92 Å². The third kappa shape index (κ3) is 3.07. The Morgan fingerprint density at radius 1 is 1.32 bits per heavy atom. The Hall–Kier alpha value is -1.55. The number of phenols is 1. The molecule has 0 aromatic heterocycles. The number of nitrogens with zero attached hydrogens (tertiary/aromatic N) is 1. The highest BCUT2D eigenvalue weighted by Crippen LogP contribution is 2.21. The fourth-order valence-corrected chi connectivity index (χ4v) is 2.73. The summed E-state index contributed by atoms with van der Waals surface area (Å²) in [6.45, 7) is 2.86. The van der Waals surface area contributed by atoms with Crippen LogP contribution in [0.1, 0.15) is 18.4 Å². The number of ether oxygens (including phenoxy) is 1. The summed E-state index contributed by atoms with van der Waals surface area (Å²) in [5.74, 6) is 1.70. The lowest BCUT2D eigenvalue weighted by Gasteiger charge is -2.23. The van der Waals surface area contributed by atoms with Crippen LogP contribution in [0.2, 0.25) is 0 Å². The van der Waals surface area contributed by atoms with Crippen molar-refractivity contribution in [3.63, 3.8) is 0 Å². The van der Waals surface area contributed by atoms with Gasteiger partial charge in [-0.2, -0.15) is 0 Å². The van der Waals surface area contributed by atoms with Crippen molar-refractivity contribution in [1.82, 2.24) is 5.32 Å². The molecule has 2 aliphatic rings. The first kappa shape index (κ1) is 12.5. The van der Waals surface area contributed by atoms with E-state index in [1.807, 2.05) is 12.1 Å². The van der Waals surface area contributed by atoms with Crippen molar-refractivity contribution in [1.29, 1.82) is 0 Å². The van der Waals surface area contributed by atoms with Crippen molar-refractivity contribution in [2.24, 2.45) is 10.9 Å². The third-order valence-corrected chi connectivity index (χ3v) is 3.78. The average molecular weight is 260 g/mol. The molecule has 3 rings (SSSR count). The number of rotatable bonds is 3. The smallest absolute Gasteiger partial charge is 0.188 e. The summed E-state index contributed by atoms with van der Waals surface area (Å²) >= 11 is 0. The molecule has 2 N–H and O–H groups in total. The van der Waals surface area contributed by atoms with E-state index in [4.69, 9.17) is 4.74 Å². The van der Waals surface area contributed by atoms with Crippen molar-refractivity contribution < 1.29 is 9.84 Å². The van der Waals surface area contributed by atoms with E-state index in [9.17, 15) is 5.11 Å². The molecule has 0 bridgehead atoms. The minimum absolute atomic E-state index is 0.154. The lowest BCUT2D eigenvalue weighted by atomic mass is 10.00. The highest BCUT2D eigenvalue weighted by atomic mass is 16.5. The Balaban J connectivity index is 1.54. The number of benzene rings is 1. The van der Waals surface area contributed by atoms with Crippen molar-refractivity contribution in [3.8, 4) is 5.75 Å². The first-order valence-electron chi connectivity index (χ1n) is 7.01. The van der Waals surface area contributed by atoms with Gasteiger partial charge in [-0.05, 0) is 37.1 Å². The molecular weight excluding hydrogens is 240 g/mol. The Bertz CT molecular complexity index is 450. The quantitative estimate of drug-likeness (QED) is 0.870. The standard InChI is InChI=1S/C15H20N2O2/c18-13-5-3-11(4-6-13)8-14-10-17-15(19-14)12-2-1-7-16-9-12/h3-6,12,14,16,18H,1-2,7-10H2. The highest BCUT2D eigenvalue weighted by Gasteiger charge is 2.27. The van der Waals surface area contributed by atoms with Gasteiger partial charge in [-0.1, -0.05) is 12.1 Å². The molecule has 0 amide bonds. The summed E-state index contributed by atoms with van der Waals surface area (Å²) < 4.78 is 5.98. The zero-order chi connectivity index (χ0) is 13.1. The molecule has 0 aliphatic carbocycles. The van der Waals surface area contributed by atoms with E-state index in [-0.39, 0.29) is 6.10 Å². The Labute approximate surface area is 113 Å². The first-order valence-corrected chi connectivity index (χ1v) is 7.01. The van der Waals surface area contributed by atoms with Crippen LogP contribution in [0.3, 0.4) is 0 Å². The van der Waals surface area contributed by atoms with Gasteiger partial charge in [0, 0.05) is 18.9 Å². The Kier molecular flexibility index (Phi) is 3.69. The van der Waals surface area contributed by atoms with Gasteiger partial charge in [-0.25, -0.2) is 0 Å². The summed E-state index contributed by atoms with van der Waals surface area (Å²) in [4.78, 5) is 4.56. The lowest BCUT2D eigenvalue weighted by Crippen LogP contribution is -2.35. The van der Waals surface area contributed by atoms with Crippen LogP contribution < -0.4 is 5.32 Å². The molecule has 4 nitrogen and oxygen atoms in total. The number of hydrogen-bond donors (Lipinski definition) is 2. The van der Waals surface area contributed by atoms with Gasteiger partial charge >= 0.3 is 0 Å². The maximum atomic E-state index is 9.27. The van der Waals surface area contributed by atoms with Crippen molar-refractivity contribution in [2.45, 2.75) is 25.4 Å². The minimum atomic E-state index is 0.154. The second-order valence-electron chi connectivity index (χ2n) is 5.33. The van der Waals surface area contributed by atoms with E-state index in [0.717, 1.165) is 32.0 Å². The van der Waals surface area contributed by atoms with Gasteiger partial charge in [-0.3, -0.25) is 4.99 Å². The third-order valence-electron chi connectivity index (χ3n) is 3.78. The van der Waals surface area contributed by atoms with Crippen LogP contribution in [0.15, 0.2) is 29.3 Å². The Morgan fingerprint density at radius 3 is 2.89 bits per heavy atom. The molecule has 1 fully saturated rings. The van der Waals surface area contributed by atoms with E-state index in [2.05, 4.69) is 10.3 Å². The minimum Gasteiger partial charge on any atom is -0.508 e. The number of aromatic hydroxyl groups is 1. The van der Waals surface area contributed by atoms with Gasteiger partial charge in [0.1, 0.15) is 11.9 Å². The van der Waals surface area contributed by atoms with Crippen molar-refractivity contribution >= 4 is 5.90 Å². The SMILES string of the molecule is Oc1ccc(CC2CN=C(C3CCCNC3)O2)cc1. The van der Waals surface area contributed by atoms with E-state index in [1.165, 1.54) is 18.4 Å². The topological polar surface area (TPSA) is 53.9 Å². The summed E-state index contributed by atoms with van der Waals surface area (Å²) in [6.07, 6.45) is 3.39. The molecule has 1 saturated heterocycles. The lowest BCUT2D eigenvalue weighted by molar-refractivity contribution is 0.205. The second-order valence-corrected chi connectivity index (χ2v) is 5.33. The van der Waals surface area contributed by atoms with Crippen LogP contribution in [0.4, 0.5) is 0 Å². The fraction of sp³-hybridized carbons (Fsp3) is 0.533. The summed E-state index contributed by atoms with van der Waals surface area (Å²) in [6, 6.07) is 7.33. The van der Waals surface area contributed by atoms with Crippen LogP contribution in [0.25, 0.3) is 0 Å². The molecule has 19 heavy (non-hydrogen) atoms. The van der Waals surface area contributed by atoms with Crippen LogP contribution in [-0.2, 0) is 11.2 Å². The number of hydrogen-bond acceptors (Lipinski definition) is 4. The fourth-order valence-electron chi connectivity index (χ4n) is 2.73. The Morgan fingerprint density at radius 2 is 2.16 bits per heavy atom. The molecule has 0 saturated carbocycles. The summed E-state index contributed by atoms with van der Waals surface area (Å²) in [5, 5.41) is 12.7. The maximum Gasteiger partial charge on any atom is 0.188 e. The van der Waals surface area contributed by atoms with Crippen LogP contribution >= 0.6 is 0 Å². The predicted molar refractivity (Wildman–Crippen MR) is 74.6 cm³/mol. The zero-order valence-corrected chi connectivity index (χ0v) is 11.0. The van der Waals surface area contributed by atoms with Gasteiger partial charge in [0.25, 0.3) is 0 Å². The van der Waals surface area contributed by atoms with Crippen LogP contribution in [0.5, 0.6) is 5.75 Å². The molecule has 102 valence electrons. The summed E-state index contributed by atoms with van der Waals surface area (Å²) in [7, 11) is 0. The predicted octanol–water partition coefficient (Wildman–Crippen LogP) is 1.73. The largest absolute Gasteiger partial charge is 0.508 e. The average Bonchev–Trinajstić information content (AvgIpc) is 2.91. The highest BCUT2D eigenvalue weighted by molar-refractivity contribution is 5.80. The molecule has 4 heteroatoms. The summed E-state index contributed by atoms with van der Waals surface area (Å²) in [5.41, 5.74) is 1.18. The molecule has 2 unspecified atom stereocenters. The normalized spacial score (nSPS) is 26.8. The van der Waals surface area contributed by atoms with Crippen molar-refractivity contribution in [3.05, 3.63) is 29.8 Å². The number of nitrogens with one attached hydrogen (secondary N) is 1. The number of aliphatic imine (C=N–C) groups is 1. The van der Waals surface area contributed by atoms with Gasteiger partial charge in [0.05, 0.1) is 6.54 Å². The number of piperidine rings is 1. The van der Waals surface area contributed by atoms with E-state index in [1.54, 1.807) is 12.1 Å². The molecule has 1 aromatic rings. The molecule has 2 aliphatic heterocycles. The molecule has 1 aromatic carbocycles. The van der Waals surface area contributed by atoms with Gasteiger partial charge in [-0.15, -0.1) is 0 Å². The van der Waals surface area contributed by atoms with E-state index < -0.39 is 0 Å². The van der Waals surface area contributed by atoms with E-state index >= 15 is 0 Å². The zero-order valence-electron chi connectivity index (χ0n) is 11.0. The van der Waals surface area contributed by atoms with Crippen LogP contribution in [-0.4, -0.2) is 36.7 Å². The maximum absolute atomic E-state index is 9.27. The molecule has 2 heterocycles.